The van der Waals surface area contributed by atoms with E-state index in [9.17, 15) is 5.11 Å². The second-order valence-electron chi connectivity index (χ2n) is 3.50. The zero-order chi connectivity index (χ0) is 11.5. The maximum atomic E-state index is 9.39. The van der Waals surface area contributed by atoms with Crippen molar-refractivity contribution in [1.82, 2.24) is 10.1 Å². The molecule has 6 heteroatoms. The Morgan fingerprint density at radius 3 is 2.80 bits per heavy atom. The molecule has 1 aromatic heterocycles. The van der Waals surface area contributed by atoms with Crippen molar-refractivity contribution in [3.63, 3.8) is 0 Å². The molecule has 0 aliphatic rings. The molecule has 1 rings (SSSR count). The van der Waals surface area contributed by atoms with E-state index in [0.29, 0.717) is 12.2 Å². The van der Waals surface area contributed by atoms with Gasteiger partial charge in [-0.15, -0.1) is 0 Å². The number of hydrogen-bond donors (Lipinski definition) is 2. The third-order valence-electron chi connectivity index (χ3n) is 2.55. The molecule has 0 spiro atoms. The molecule has 2 atom stereocenters. The van der Waals surface area contributed by atoms with Crippen LogP contribution in [0.5, 0.6) is 0 Å². The van der Waals surface area contributed by atoms with E-state index in [1.54, 1.807) is 7.11 Å². The van der Waals surface area contributed by atoms with Gasteiger partial charge in [0.15, 0.2) is 0 Å². The molecule has 15 heavy (non-hydrogen) atoms. The number of ether oxygens (including phenoxy) is 1. The molecule has 1 aromatic rings. The van der Waals surface area contributed by atoms with Gasteiger partial charge in [0.1, 0.15) is 11.7 Å². The van der Waals surface area contributed by atoms with Crippen LogP contribution in [-0.2, 0) is 10.3 Å². The molecule has 0 aliphatic heterocycles. The molecule has 0 bridgehead atoms. The normalized spacial score (nSPS) is 17.4. The molecule has 0 saturated carbocycles. The Bertz CT molecular complexity index is 309. The van der Waals surface area contributed by atoms with Gasteiger partial charge < -0.3 is 20.1 Å². The zero-order valence-electron chi connectivity index (χ0n) is 9.23. The van der Waals surface area contributed by atoms with E-state index < -0.39 is 11.7 Å². The highest BCUT2D eigenvalue weighted by molar-refractivity contribution is 5.00. The van der Waals surface area contributed by atoms with Gasteiger partial charge in [-0.25, -0.2) is 0 Å². The summed E-state index contributed by atoms with van der Waals surface area (Å²) in [6.45, 7) is 3.87. The lowest BCUT2D eigenvalue weighted by Crippen LogP contribution is -2.25. The van der Waals surface area contributed by atoms with E-state index in [4.69, 9.17) is 15.0 Å². The van der Waals surface area contributed by atoms with Crippen LogP contribution in [0.1, 0.15) is 38.1 Å². The summed E-state index contributed by atoms with van der Waals surface area (Å²) in [5, 5.41) is 13.2. The molecule has 1 heterocycles. The maximum absolute atomic E-state index is 9.39. The quantitative estimate of drug-likeness (QED) is 0.735. The Hall–Kier alpha value is -0.980. The average molecular weight is 215 g/mol. The van der Waals surface area contributed by atoms with Crippen LogP contribution in [0.4, 0.5) is 0 Å². The highest BCUT2D eigenvalue weighted by Gasteiger charge is 2.30. The minimum absolute atomic E-state index is 0.0530. The summed E-state index contributed by atoms with van der Waals surface area (Å²) in [7, 11) is 1.58. The second kappa shape index (κ2) is 4.69. The van der Waals surface area contributed by atoms with E-state index in [1.165, 1.54) is 0 Å². The van der Waals surface area contributed by atoms with Crippen LogP contribution in [0.25, 0.3) is 0 Å². The SMILES string of the molecule is CCC(C)(OC)c1noc(C(O)CN)n1. The lowest BCUT2D eigenvalue weighted by Gasteiger charge is -2.21. The van der Waals surface area contributed by atoms with E-state index in [-0.39, 0.29) is 12.4 Å². The lowest BCUT2D eigenvalue weighted by atomic mass is 10.0. The number of aliphatic hydroxyl groups is 1. The lowest BCUT2D eigenvalue weighted by molar-refractivity contribution is -0.0106. The van der Waals surface area contributed by atoms with Gasteiger partial charge in [-0.3, -0.25) is 0 Å². The number of rotatable bonds is 5. The fourth-order valence-electron chi connectivity index (χ4n) is 1.08. The summed E-state index contributed by atoms with van der Waals surface area (Å²) >= 11 is 0. The summed E-state index contributed by atoms with van der Waals surface area (Å²) in [5.41, 5.74) is 4.69. The topological polar surface area (TPSA) is 94.4 Å². The Morgan fingerprint density at radius 1 is 1.67 bits per heavy atom. The number of nitrogens with zero attached hydrogens (tertiary/aromatic N) is 2. The van der Waals surface area contributed by atoms with Crippen LogP contribution in [0.2, 0.25) is 0 Å². The van der Waals surface area contributed by atoms with E-state index in [2.05, 4.69) is 10.1 Å². The van der Waals surface area contributed by atoms with E-state index in [1.807, 2.05) is 13.8 Å². The van der Waals surface area contributed by atoms with Gasteiger partial charge in [-0.1, -0.05) is 12.1 Å². The van der Waals surface area contributed by atoms with Crippen LogP contribution in [0.3, 0.4) is 0 Å². The van der Waals surface area contributed by atoms with Crippen molar-refractivity contribution >= 4 is 0 Å². The standard InChI is InChI=1S/C9H17N3O3/c1-4-9(2,14-3)8-11-7(15-12-8)6(13)5-10/h6,13H,4-5,10H2,1-3H3. The fourth-order valence-corrected chi connectivity index (χ4v) is 1.08. The van der Waals surface area contributed by atoms with Crippen molar-refractivity contribution in [2.24, 2.45) is 5.73 Å². The molecule has 86 valence electrons. The Morgan fingerprint density at radius 2 is 2.33 bits per heavy atom. The summed E-state index contributed by atoms with van der Waals surface area (Å²) in [5.74, 6) is 0.555. The molecule has 0 saturated heterocycles. The first kappa shape index (κ1) is 12.1. The summed E-state index contributed by atoms with van der Waals surface area (Å²) < 4.78 is 10.2. The van der Waals surface area contributed by atoms with Crippen molar-refractivity contribution in [2.45, 2.75) is 32.0 Å². The monoisotopic (exact) mass is 215 g/mol. The smallest absolute Gasteiger partial charge is 0.256 e. The van der Waals surface area contributed by atoms with Gasteiger partial charge in [0.25, 0.3) is 5.89 Å². The molecule has 0 radical (unpaired) electrons. The molecule has 3 N–H and O–H groups in total. The predicted molar refractivity (Wildman–Crippen MR) is 53.0 cm³/mol. The van der Waals surface area contributed by atoms with Crippen molar-refractivity contribution in [3.05, 3.63) is 11.7 Å². The number of methoxy groups -OCH3 is 1. The molecule has 6 nitrogen and oxygen atoms in total. The third kappa shape index (κ3) is 2.34. The van der Waals surface area contributed by atoms with Crippen LogP contribution in [-0.4, -0.2) is 28.9 Å². The van der Waals surface area contributed by atoms with Gasteiger partial charge in [0.2, 0.25) is 5.82 Å². The predicted octanol–water partition coefficient (Wildman–Crippen LogP) is 0.333. The number of nitrogens with two attached hydrogens (primary N) is 1. The summed E-state index contributed by atoms with van der Waals surface area (Å²) in [4.78, 5) is 4.06. The minimum atomic E-state index is -0.913. The Labute approximate surface area is 88.4 Å². The molecule has 0 fully saturated rings. The fraction of sp³-hybridized carbons (Fsp3) is 0.778. The number of hydrogen-bond acceptors (Lipinski definition) is 6. The maximum Gasteiger partial charge on any atom is 0.256 e. The van der Waals surface area contributed by atoms with E-state index in [0.717, 1.165) is 0 Å². The molecule has 0 aromatic carbocycles. The highest BCUT2D eigenvalue weighted by Crippen LogP contribution is 2.26. The molecule has 2 unspecified atom stereocenters. The van der Waals surface area contributed by atoms with Crippen molar-refractivity contribution in [1.29, 1.82) is 0 Å². The van der Waals surface area contributed by atoms with Crippen LogP contribution < -0.4 is 5.73 Å². The van der Waals surface area contributed by atoms with Gasteiger partial charge in [-0.05, 0) is 13.3 Å². The second-order valence-corrected chi connectivity index (χ2v) is 3.50. The number of aliphatic hydroxyl groups excluding tert-OH is 1. The van der Waals surface area contributed by atoms with Crippen LogP contribution in [0.15, 0.2) is 4.52 Å². The largest absolute Gasteiger partial charge is 0.382 e. The van der Waals surface area contributed by atoms with Gasteiger partial charge in [-0.2, -0.15) is 4.98 Å². The summed E-state index contributed by atoms with van der Waals surface area (Å²) in [6.07, 6.45) is -0.203. The zero-order valence-corrected chi connectivity index (χ0v) is 9.23. The van der Waals surface area contributed by atoms with Crippen molar-refractivity contribution in [2.75, 3.05) is 13.7 Å². The highest BCUT2D eigenvalue weighted by atomic mass is 16.5. The van der Waals surface area contributed by atoms with Crippen LogP contribution >= 0.6 is 0 Å². The molecular formula is C9H17N3O3. The van der Waals surface area contributed by atoms with Crippen molar-refractivity contribution in [3.8, 4) is 0 Å². The van der Waals surface area contributed by atoms with Gasteiger partial charge >= 0.3 is 0 Å². The van der Waals surface area contributed by atoms with Crippen molar-refractivity contribution < 1.29 is 14.4 Å². The number of aromatic nitrogens is 2. The van der Waals surface area contributed by atoms with Crippen LogP contribution in [0, 0.1) is 0 Å². The Kier molecular flexibility index (Phi) is 3.78. The minimum Gasteiger partial charge on any atom is -0.382 e. The summed E-state index contributed by atoms with van der Waals surface area (Å²) in [6, 6.07) is 0. The Balaban J connectivity index is 2.92. The average Bonchev–Trinajstić information content (AvgIpc) is 2.76. The first-order chi connectivity index (χ1) is 7.07. The van der Waals surface area contributed by atoms with Gasteiger partial charge in [0.05, 0.1) is 0 Å². The first-order valence-electron chi connectivity index (χ1n) is 4.84. The van der Waals surface area contributed by atoms with E-state index >= 15 is 0 Å². The van der Waals surface area contributed by atoms with Gasteiger partial charge in [0, 0.05) is 13.7 Å². The molecule has 0 aliphatic carbocycles. The third-order valence-corrected chi connectivity index (χ3v) is 2.55. The first-order valence-corrected chi connectivity index (χ1v) is 4.84. The molecule has 0 amide bonds. The molecular weight excluding hydrogens is 198 g/mol.